The Hall–Kier alpha value is -3.89. The molecule has 2 amide bonds. The fourth-order valence-corrected chi connectivity index (χ4v) is 2.38. The summed E-state index contributed by atoms with van der Waals surface area (Å²) >= 11 is 0. The van der Waals surface area contributed by atoms with E-state index in [0.29, 0.717) is 24.0 Å². The van der Waals surface area contributed by atoms with E-state index in [1.165, 1.54) is 12.1 Å². The highest BCUT2D eigenvalue weighted by atomic mass is 19.4. The maximum atomic E-state index is 12.7. The minimum Gasteiger partial charge on any atom is -0.367 e. The lowest BCUT2D eigenvalue weighted by Gasteiger charge is -2.11. The van der Waals surface area contributed by atoms with Gasteiger partial charge < -0.3 is 21.3 Å². The van der Waals surface area contributed by atoms with Crippen molar-refractivity contribution in [2.45, 2.75) is 6.18 Å². The van der Waals surface area contributed by atoms with Crippen molar-refractivity contribution in [3.63, 3.8) is 0 Å². The van der Waals surface area contributed by atoms with E-state index in [-0.39, 0.29) is 12.2 Å². The molecule has 30 heavy (non-hydrogen) atoms. The van der Waals surface area contributed by atoms with Crippen LogP contribution in [0.3, 0.4) is 0 Å². The second-order valence-electron chi connectivity index (χ2n) is 6.03. The Kier molecular flexibility index (Phi) is 6.63. The molecule has 2 aromatic heterocycles. The standard InChI is InChI=1S/C19H18F3N7O/c20-19(21,22)13-4-3-5-14(12-13)26-18(30)25-11-10-24-16-7-8-17(29-28-16)27-15-6-1-2-9-23-15/h1-9,12H,10-11H2,(H,24,28)(H,23,27,29)(H2,25,26,30). The molecule has 0 aliphatic rings. The van der Waals surface area contributed by atoms with Gasteiger partial charge in [-0.05, 0) is 42.5 Å². The van der Waals surface area contributed by atoms with Gasteiger partial charge in [0.1, 0.15) is 11.6 Å². The van der Waals surface area contributed by atoms with Crippen LogP contribution >= 0.6 is 0 Å². The molecule has 0 unspecified atom stereocenters. The van der Waals surface area contributed by atoms with E-state index < -0.39 is 17.8 Å². The molecule has 0 aliphatic carbocycles. The van der Waals surface area contributed by atoms with E-state index in [0.717, 1.165) is 12.1 Å². The van der Waals surface area contributed by atoms with E-state index >= 15 is 0 Å². The first-order valence-corrected chi connectivity index (χ1v) is 8.88. The zero-order chi connectivity index (χ0) is 21.4. The van der Waals surface area contributed by atoms with Crippen LogP contribution in [0.4, 0.5) is 41.1 Å². The van der Waals surface area contributed by atoms with Crippen LogP contribution in [0.15, 0.2) is 60.8 Å². The topological polar surface area (TPSA) is 104 Å². The first-order valence-electron chi connectivity index (χ1n) is 8.88. The van der Waals surface area contributed by atoms with Gasteiger partial charge >= 0.3 is 12.2 Å². The van der Waals surface area contributed by atoms with E-state index in [1.54, 1.807) is 30.5 Å². The molecule has 0 atom stereocenters. The number of rotatable bonds is 7. The van der Waals surface area contributed by atoms with Crippen LogP contribution in [0, 0.1) is 0 Å². The van der Waals surface area contributed by atoms with Crippen LogP contribution in [0.1, 0.15) is 5.56 Å². The quantitative estimate of drug-likeness (QED) is 0.435. The number of amides is 2. The van der Waals surface area contributed by atoms with E-state index in [4.69, 9.17) is 0 Å². The summed E-state index contributed by atoms with van der Waals surface area (Å²) in [7, 11) is 0. The van der Waals surface area contributed by atoms with Gasteiger partial charge in [-0.25, -0.2) is 9.78 Å². The molecule has 11 heteroatoms. The van der Waals surface area contributed by atoms with Gasteiger partial charge in [-0.3, -0.25) is 0 Å². The predicted octanol–water partition coefficient (Wildman–Crippen LogP) is 3.87. The largest absolute Gasteiger partial charge is 0.416 e. The molecule has 0 aliphatic heterocycles. The number of hydrogen-bond acceptors (Lipinski definition) is 6. The summed E-state index contributed by atoms with van der Waals surface area (Å²) in [6, 6.07) is 12.7. The molecular formula is C19H18F3N7O. The average molecular weight is 417 g/mol. The Morgan fingerprint density at radius 2 is 1.70 bits per heavy atom. The Balaban J connectivity index is 1.40. The first kappa shape index (κ1) is 20.8. The maximum Gasteiger partial charge on any atom is 0.416 e. The number of aromatic nitrogens is 3. The summed E-state index contributed by atoms with van der Waals surface area (Å²) in [5.41, 5.74) is -0.779. The van der Waals surface area contributed by atoms with Crippen LogP contribution in [-0.2, 0) is 6.18 Å². The first-order chi connectivity index (χ1) is 14.4. The lowest BCUT2D eigenvalue weighted by Crippen LogP contribution is -2.32. The molecule has 0 saturated heterocycles. The number of carbonyl (C=O) groups excluding carboxylic acids is 1. The van der Waals surface area contributed by atoms with Crippen molar-refractivity contribution < 1.29 is 18.0 Å². The maximum absolute atomic E-state index is 12.7. The fraction of sp³-hybridized carbons (Fsp3) is 0.158. The normalized spacial score (nSPS) is 10.9. The van der Waals surface area contributed by atoms with Crippen LogP contribution in [0.5, 0.6) is 0 Å². The van der Waals surface area contributed by atoms with E-state index in [9.17, 15) is 18.0 Å². The van der Waals surface area contributed by atoms with Crippen molar-refractivity contribution >= 4 is 29.2 Å². The Bertz CT molecular complexity index is 966. The van der Waals surface area contributed by atoms with Gasteiger partial charge in [-0.1, -0.05) is 12.1 Å². The highest BCUT2D eigenvalue weighted by Gasteiger charge is 2.30. The third-order valence-electron chi connectivity index (χ3n) is 3.75. The molecule has 3 aromatic rings. The lowest BCUT2D eigenvalue weighted by atomic mass is 10.2. The van der Waals surface area contributed by atoms with Gasteiger partial charge in [-0.2, -0.15) is 13.2 Å². The van der Waals surface area contributed by atoms with Crippen LogP contribution < -0.4 is 21.3 Å². The summed E-state index contributed by atoms with van der Waals surface area (Å²) in [5, 5.41) is 18.9. The number of benzene rings is 1. The number of halogens is 3. The Morgan fingerprint density at radius 3 is 2.40 bits per heavy atom. The fourth-order valence-electron chi connectivity index (χ4n) is 2.38. The molecule has 156 valence electrons. The number of nitrogens with zero attached hydrogens (tertiary/aromatic N) is 3. The van der Waals surface area contributed by atoms with Crippen LogP contribution in [0.2, 0.25) is 0 Å². The number of anilines is 4. The highest BCUT2D eigenvalue weighted by Crippen LogP contribution is 2.30. The SMILES string of the molecule is O=C(NCCNc1ccc(Nc2ccccn2)nn1)Nc1cccc(C(F)(F)F)c1. The van der Waals surface area contributed by atoms with Crippen LogP contribution in [-0.4, -0.2) is 34.3 Å². The van der Waals surface area contributed by atoms with Gasteiger partial charge in [0.2, 0.25) is 0 Å². The molecule has 2 heterocycles. The molecule has 8 nitrogen and oxygen atoms in total. The third-order valence-corrected chi connectivity index (χ3v) is 3.75. The van der Waals surface area contributed by atoms with Gasteiger partial charge in [0.15, 0.2) is 5.82 Å². The van der Waals surface area contributed by atoms with Crippen molar-refractivity contribution in [2.24, 2.45) is 0 Å². The summed E-state index contributed by atoms with van der Waals surface area (Å²) in [6.45, 7) is 0.568. The Labute approximate surface area is 169 Å². The highest BCUT2D eigenvalue weighted by molar-refractivity contribution is 5.89. The third kappa shape index (κ3) is 6.33. The molecule has 0 radical (unpaired) electrons. The molecule has 0 spiro atoms. The second kappa shape index (κ2) is 9.54. The molecule has 4 N–H and O–H groups in total. The molecule has 0 saturated carbocycles. The minimum absolute atomic E-state index is 0.0529. The summed E-state index contributed by atoms with van der Waals surface area (Å²) in [6.07, 6.45) is -2.82. The van der Waals surface area contributed by atoms with E-state index in [1.807, 2.05) is 6.07 Å². The average Bonchev–Trinajstić information content (AvgIpc) is 2.73. The van der Waals surface area contributed by atoms with Gasteiger partial charge in [-0.15, -0.1) is 10.2 Å². The number of urea groups is 1. The minimum atomic E-state index is -4.47. The van der Waals surface area contributed by atoms with Crippen molar-refractivity contribution in [3.05, 3.63) is 66.4 Å². The number of pyridine rings is 1. The lowest BCUT2D eigenvalue weighted by molar-refractivity contribution is -0.137. The Morgan fingerprint density at radius 1 is 0.900 bits per heavy atom. The van der Waals surface area contributed by atoms with Crippen LogP contribution in [0.25, 0.3) is 0 Å². The molecule has 0 bridgehead atoms. The number of alkyl halides is 3. The summed E-state index contributed by atoms with van der Waals surface area (Å²) in [4.78, 5) is 16.0. The zero-order valence-electron chi connectivity index (χ0n) is 15.6. The molecule has 3 rings (SSSR count). The smallest absolute Gasteiger partial charge is 0.367 e. The van der Waals surface area contributed by atoms with Crippen molar-refractivity contribution in [3.8, 4) is 0 Å². The van der Waals surface area contributed by atoms with Crippen molar-refractivity contribution in [1.29, 1.82) is 0 Å². The zero-order valence-corrected chi connectivity index (χ0v) is 15.6. The van der Waals surface area contributed by atoms with Gasteiger partial charge in [0.25, 0.3) is 0 Å². The number of nitrogens with one attached hydrogen (secondary N) is 4. The predicted molar refractivity (Wildman–Crippen MR) is 107 cm³/mol. The number of hydrogen-bond donors (Lipinski definition) is 4. The molecule has 1 aromatic carbocycles. The summed E-state index contributed by atoms with van der Waals surface area (Å²) < 4.78 is 38.1. The monoisotopic (exact) mass is 417 g/mol. The van der Waals surface area contributed by atoms with E-state index in [2.05, 4.69) is 36.4 Å². The van der Waals surface area contributed by atoms with Crippen molar-refractivity contribution in [1.82, 2.24) is 20.5 Å². The van der Waals surface area contributed by atoms with Gasteiger partial charge in [0.05, 0.1) is 5.56 Å². The second-order valence-corrected chi connectivity index (χ2v) is 6.03. The molecule has 0 fully saturated rings. The number of carbonyl (C=O) groups is 1. The van der Waals surface area contributed by atoms with Crippen molar-refractivity contribution in [2.75, 3.05) is 29.0 Å². The van der Waals surface area contributed by atoms with Gasteiger partial charge in [0, 0.05) is 25.0 Å². The summed E-state index contributed by atoms with van der Waals surface area (Å²) in [5.74, 6) is 1.67. The molecular weight excluding hydrogens is 399 g/mol.